The molecule has 1 unspecified atom stereocenters. The zero-order valence-electron chi connectivity index (χ0n) is 17.7. The molecule has 2 N–H and O–H groups in total. The van der Waals surface area contributed by atoms with Gasteiger partial charge in [0.1, 0.15) is 5.82 Å². The Hall–Kier alpha value is -3.13. The number of aromatic nitrogens is 1. The molecule has 2 atom stereocenters. The fraction of sp³-hybridized carbons (Fsp3) is 0.292. The Kier molecular flexibility index (Phi) is 6.06. The van der Waals surface area contributed by atoms with Gasteiger partial charge in [-0.05, 0) is 55.8 Å². The maximum atomic E-state index is 14.8. The van der Waals surface area contributed by atoms with Crippen LogP contribution in [0.15, 0.2) is 42.5 Å². The van der Waals surface area contributed by atoms with Gasteiger partial charge < -0.3 is 15.2 Å². The van der Waals surface area contributed by atoms with Crippen LogP contribution in [0.2, 0.25) is 0 Å². The molecule has 4 rings (SSSR count). The van der Waals surface area contributed by atoms with Crippen LogP contribution < -0.4 is 10.6 Å². The first-order chi connectivity index (χ1) is 15.3. The molecule has 32 heavy (non-hydrogen) atoms. The molecule has 2 heterocycles. The van der Waals surface area contributed by atoms with Crippen LogP contribution in [0.4, 0.5) is 17.6 Å². The van der Waals surface area contributed by atoms with Crippen LogP contribution in [0, 0.1) is 30.2 Å². The summed E-state index contributed by atoms with van der Waals surface area (Å²) in [5.74, 6) is -5.98. The van der Waals surface area contributed by atoms with Gasteiger partial charge in [0.05, 0.1) is 5.56 Å². The van der Waals surface area contributed by atoms with E-state index in [-0.39, 0.29) is 17.7 Å². The standard InChI is InChI=1S/C24H23F4N3O/c1-13-3-8-21(31(13)2)14-4-5-17(19(26)11-14)24(32)30-20-12-29-10-9-15(20)16-6-7-18(25)23(28)22(16)27/h3-8,11,15,20,29H,9-10,12H2,1-2H3,(H,30,32)/t15-,20?/m0/s1. The topological polar surface area (TPSA) is 46.1 Å². The van der Waals surface area contributed by atoms with Gasteiger partial charge in [0.25, 0.3) is 5.91 Å². The summed E-state index contributed by atoms with van der Waals surface area (Å²) >= 11 is 0. The first kappa shape index (κ1) is 22.1. The number of hydrogen-bond acceptors (Lipinski definition) is 2. The molecule has 168 valence electrons. The van der Waals surface area contributed by atoms with Crippen LogP contribution in [0.3, 0.4) is 0 Å². The van der Waals surface area contributed by atoms with Crippen molar-refractivity contribution in [2.75, 3.05) is 13.1 Å². The van der Waals surface area contributed by atoms with Crippen molar-refractivity contribution in [2.24, 2.45) is 7.05 Å². The van der Waals surface area contributed by atoms with E-state index in [2.05, 4.69) is 10.6 Å². The molecule has 0 saturated carbocycles. The number of carbonyl (C=O) groups excluding carboxylic acids is 1. The molecule has 0 spiro atoms. The number of piperidine rings is 1. The Balaban J connectivity index is 1.57. The summed E-state index contributed by atoms with van der Waals surface area (Å²) in [5.41, 5.74) is 2.32. The molecular formula is C24H23F4N3O. The normalized spacial score (nSPS) is 18.6. The van der Waals surface area contributed by atoms with Crippen molar-refractivity contribution in [2.45, 2.75) is 25.3 Å². The van der Waals surface area contributed by atoms with E-state index in [4.69, 9.17) is 0 Å². The number of rotatable bonds is 4. The highest BCUT2D eigenvalue weighted by molar-refractivity contribution is 5.95. The van der Waals surface area contributed by atoms with Crippen LogP contribution in [-0.4, -0.2) is 29.6 Å². The van der Waals surface area contributed by atoms with E-state index >= 15 is 0 Å². The second-order valence-electron chi connectivity index (χ2n) is 8.06. The van der Waals surface area contributed by atoms with E-state index in [1.807, 2.05) is 30.7 Å². The number of benzene rings is 2. The van der Waals surface area contributed by atoms with Gasteiger partial charge in [-0.1, -0.05) is 12.1 Å². The van der Waals surface area contributed by atoms with Crippen molar-refractivity contribution in [1.29, 1.82) is 0 Å². The molecule has 4 nitrogen and oxygen atoms in total. The lowest BCUT2D eigenvalue weighted by Gasteiger charge is -2.33. The van der Waals surface area contributed by atoms with E-state index in [0.717, 1.165) is 17.5 Å². The zero-order chi connectivity index (χ0) is 23.0. The molecule has 2 aromatic carbocycles. The largest absolute Gasteiger partial charge is 0.348 e. The van der Waals surface area contributed by atoms with Gasteiger partial charge in [-0.3, -0.25) is 4.79 Å². The number of aryl methyl sites for hydroxylation is 1. The molecule has 1 amide bonds. The average molecular weight is 445 g/mol. The van der Waals surface area contributed by atoms with Gasteiger partial charge in [-0.2, -0.15) is 0 Å². The molecular weight excluding hydrogens is 422 g/mol. The van der Waals surface area contributed by atoms with Gasteiger partial charge in [0.15, 0.2) is 17.5 Å². The molecule has 1 aliphatic rings. The van der Waals surface area contributed by atoms with Crippen molar-refractivity contribution in [3.63, 3.8) is 0 Å². The number of hydrogen-bond donors (Lipinski definition) is 2. The number of carbonyl (C=O) groups is 1. The third-order valence-corrected chi connectivity index (χ3v) is 6.15. The van der Waals surface area contributed by atoms with Crippen molar-refractivity contribution in [3.05, 3.63) is 82.6 Å². The van der Waals surface area contributed by atoms with E-state index in [0.29, 0.717) is 18.5 Å². The van der Waals surface area contributed by atoms with Gasteiger partial charge in [-0.25, -0.2) is 17.6 Å². The highest BCUT2D eigenvalue weighted by Gasteiger charge is 2.32. The lowest BCUT2D eigenvalue weighted by atomic mass is 9.85. The van der Waals surface area contributed by atoms with Crippen LogP contribution >= 0.6 is 0 Å². The second kappa shape index (κ2) is 8.78. The summed E-state index contributed by atoms with van der Waals surface area (Å²) < 4.78 is 58.2. The maximum Gasteiger partial charge on any atom is 0.254 e. The lowest BCUT2D eigenvalue weighted by Crippen LogP contribution is -2.50. The molecule has 0 aliphatic carbocycles. The molecule has 1 saturated heterocycles. The van der Waals surface area contributed by atoms with Gasteiger partial charge in [-0.15, -0.1) is 0 Å². The summed E-state index contributed by atoms with van der Waals surface area (Å²) in [6, 6.07) is 9.61. The number of amides is 1. The second-order valence-corrected chi connectivity index (χ2v) is 8.06. The number of nitrogens with zero attached hydrogens (tertiary/aromatic N) is 1. The third kappa shape index (κ3) is 4.02. The predicted octanol–water partition coefficient (Wildman–Crippen LogP) is 4.43. The third-order valence-electron chi connectivity index (χ3n) is 6.15. The molecule has 3 aromatic rings. The Morgan fingerprint density at radius 2 is 1.81 bits per heavy atom. The highest BCUT2D eigenvalue weighted by atomic mass is 19.2. The SMILES string of the molecule is Cc1ccc(-c2ccc(C(=O)NC3CNCC[C@H]3c3ccc(F)c(F)c3F)c(F)c2)n1C. The Bertz CT molecular complexity index is 1170. The molecule has 1 aromatic heterocycles. The van der Waals surface area contributed by atoms with Crippen LogP contribution in [-0.2, 0) is 7.05 Å². The minimum Gasteiger partial charge on any atom is -0.348 e. The first-order valence-electron chi connectivity index (χ1n) is 10.3. The summed E-state index contributed by atoms with van der Waals surface area (Å²) in [5, 5.41) is 5.82. The fourth-order valence-electron chi connectivity index (χ4n) is 4.22. The summed E-state index contributed by atoms with van der Waals surface area (Å²) in [6.45, 7) is 2.75. The maximum absolute atomic E-state index is 14.8. The van der Waals surface area contributed by atoms with E-state index < -0.39 is 41.1 Å². The summed E-state index contributed by atoms with van der Waals surface area (Å²) in [4.78, 5) is 12.8. The summed E-state index contributed by atoms with van der Waals surface area (Å²) in [6.07, 6.45) is 0.404. The molecule has 8 heteroatoms. The zero-order valence-corrected chi connectivity index (χ0v) is 17.7. The fourth-order valence-corrected chi connectivity index (χ4v) is 4.22. The lowest BCUT2D eigenvalue weighted by molar-refractivity contribution is 0.0919. The summed E-state index contributed by atoms with van der Waals surface area (Å²) in [7, 11) is 1.87. The van der Waals surface area contributed by atoms with Gasteiger partial charge >= 0.3 is 0 Å². The van der Waals surface area contributed by atoms with Crippen molar-refractivity contribution in [3.8, 4) is 11.3 Å². The van der Waals surface area contributed by atoms with Crippen molar-refractivity contribution in [1.82, 2.24) is 15.2 Å². The van der Waals surface area contributed by atoms with Crippen molar-refractivity contribution < 1.29 is 22.4 Å². The van der Waals surface area contributed by atoms with Gasteiger partial charge in [0.2, 0.25) is 0 Å². The van der Waals surface area contributed by atoms with E-state index in [1.54, 1.807) is 6.07 Å². The Morgan fingerprint density at radius 1 is 1.03 bits per heavy atom. The van der Waals surface area contributed by atoms with Crippen LogP contribution in [0.5, 0.6) is 0 Å². The van der Waals surface area contributed by atoms with E-state index in [9.17, 15) is 22.4 Å². The number of nitrogens with one attached hydrogen (secondary N) is 2. The van der Waals surface area contributed by atoms with E-state index in [1.165, 1.54) is 18.2 Å². The number of halogens is 4. The minimum atomic E-state index is -1.54. The molecule has 1 fully saturated rings. The van der Waals surface area contributed by atoms with Gasteiger partial charge in [0, 0.05) is 42.5 Å². The molecule has 0 bridgehead atoms. The van der Waals surface area contributed by atoms with Crippen LogP contribution in [0.1, 0.15) is 34.0 Å². The van der Waals surface area contributed by atoms with Crippen molar-refractivity contribution >= 4 is 5.91 Å². The Labute approximate surface area is 183 Å². The molecule has 1 aliphatic heterocycles. The minimum absolute atomic E-state index is 0.00871. The molecule has 0 radical (unpaired) electrons. The Morgan fingerprint density at radius 3 is 2.50 bits per heavy atom. The highest BCUT2D eigenvalue weighted by Crippen LogP contribution is 2.30. The van der Waals surface area contributed by atoms with Crippen LogP contribution in [0.25, 0.3) is 11.3 Å². The first-order valence-corrected chi connectivity index (χ1v) is 10.3. The average Bonchev–Trinajstić information content (AvgIpc) is 3.11. The smallest absolute Gasteiger partial charge is 0.254 e. The quantitative estimate of drug-likeness (QED) is 0.461. The predicted molar refractivity (Wildman–Crippen MR) is 113 cm³/mol. The monoisotopic (exact) mass is 445 g/mol.